The van der Waals surface area contributed by atoms with Crippen molar-refractivity contribution in [1.82, 2.24) is 5.32 Å². The number of anilines is 1. The van der Waals surface area contributed by atoms with E-state index in [-0.39, 0.29) is 34.9 Å². The zero-order chi connectivity index (χ0) is 27.8. The highest BCUT2D eigenvalue weighted by Crippen LogP contribution is 2.37. The lowest BCUT2D eigenvalue weighted by molar-refractivity contribution is -0.143. The number of nitrogens with zero attached hydrogens (tertiary/aromatic N) is 1. The number of likely N-dealkylation sites (N-methyl/N-ethyl adjacent to an activating group) is 1. The van der Waals surface area contributed by atoms with Gasteiger partial charge in [0.2, 0.25) is 5.91 Å². The number of ether oxygens (including phenoxy) is 1. The first-order chi connectivity index (χ1) is 17.3. The van der Waals surface area contributed by atoms with Crippen LogP contribution in [0.4, 0.5) is 5.69 Å². The first kappa shape index (κ1) is 31.4. The van der Waals surface area contributed by atoms with E-state index in [9.17, 15) is 9.59 Å². The van der Waals surface area contributed by atoms with Crippen molar-refractivity contribution < 1.29 is 18.8 Å². The molecule has 1 N–H and O–H groups in total. The Morgan fingerprint density at radius 1 is 1.19 bits per heavy atom. The van der Waals surface area contributed by atoms with E-state index < -0.39 is 8.32 Å². The van der Waals surface area contributed by atoms with Crippen LogP contribution in [0.2, 0.25) is 18.1 Å². The molecule has 0 aromatic heterocycles. The zero-order valence-corrected chi connectivity index (χ0v) is 25.9. The summed E-state index contributed by atoms with van der Waals surface area (Å²) in [7, 11) is 0.0982. The number of esters is 1. The number of benzene rings is 1. The molecule has 1 amide bonds. The predicted molar refractivity (Wildman–Crippen MR) is 156 cm³/mol. The Hall–Kier alpha value is -1.86. The fourth-order valence-electron chi connectivity index (χ4n) is 4.62. The molecule has 7 heteroatoms. The lowest BCUT2D eigenvalue weighted by Gasteiger charge is -2.40. The number of unbranched alkanes of at least 4 members (excludes halogenated alkanes) is 2. The van der Waals surface area contributed by atoms with Gasteiger partial charge in [0.05, 0.1) is 19.3 Å². The standard InChI is InChI=1S/C30H52N2O4Si/c1-10-11-12-15-27(33)35-18-13-14-23-16-17-24-20-25(21-36-37(8,9)30(4,5)6)31-29(34)28(22(2)3)32(7)26(24)19-23/h16-17,19,22,25,28H,10-15,18,20-21H2,1-9H3,(H,31,34)/t25-,28-/m0/s1. The Kier molecular flexibility index (Phi) is 11.7. The Balaban J connectivity index is 2.15. The molecule has 0 bridgehead atoms. The number of hydrogen-bond acceptors (Lipinski definition) is 5. The SMILES string of the molecule is CCCCCC(=O)OCCCc1ccc2c(c1)N(C)[C@@H](C(C)C)C(=O)N[C@H](CO[Si](C)(C)C(C)(C)C)C2. The van der Waals surface area contributed by atoms with E-state index in [4.69, 9.17) is 9.16 Å². The molecule has 0 saturated carbocycles. The summed E-state index contributed by atoms with van der Waals surface area (Å²) >= 11 is 0. The number of aryl methyl sites for hydroxylation is 1. The van der Waals surface area contributed by atoms with E-state index in [1.165, 1.54) is 11.1 Å². The van der Waals surface area contributed by atoms with Crippen LogP contribution in [0.15, 0.2) is 18.2 Å². The topological polar surface area (TPSA) is 67.9 Å². The van der Waals surface area contributed by atoms with E-state index in [0.717, 1.165) is 44.2 Å². The van der Waals surface area contributed by atoms with Crippen LogP contribution in [0.5, 0.6) is 0 Å². The molecule has 37 heavy (non-hydrogen) atoms. The maximum absolute atomic E-state index is 13.4. The molecule has 0 saturated heterocycles. The Morgan fingerprint density at radius 3 is 2.51 bits per heavy atom. The van der Waals surface area contributed by atoms with E-state index >= 15 is 0 Å². The number of carbonyl (C=O) groups excluding carboxylic acids is 2. The second kappa shape index (κ2) is 13.8. The minimum Gasteiger partial charge on any atom is -0.466 e. The molecule has 210 valence electrons. The average molecular weight is 533 g/mol. The number of nitrogens with one attached hydrogen (secondary N) is 1. The van der Waals surface area contributed by atoms with E-state index in [1.54, 1.807) is 0 Å². The number of fused-ring (bicyclic) bond motifs is 1. The van der Waals surface area contributed by atoms with Gasteiger partial charge in [-0.25, -0.2) is 0 Å². The molecule has 0 radical (unpaired) electrons. The van der Waals surface area contributed by atoms with Crippen molar-refractivity contribution in [3.8, 4) is 0 Å². The molecule has 1 aromatic rings. The molecule has 1 aromatic carbocycles. The fraction of sp³-hybridized carbons (Fsp3) is 0.733. The fourth-order valence-corrected chi connectivity index (χ4v) is 5.68. The number of hydrogen-bond donors (Lipinski definition) is 1. The smallest absolute Gasteiger partial charge is 0.305 e. The maximum Gasteiger partial charge on any atom is 0.305 e. The highest BCUT2D eigenvalue weighted by atomic mass is 28.4. The van der Waals surface area contributed by atoms with Gasteiger partial charge in [-0.15, -0.1) is 0 Å². The molecule has 1 heterocycles. The third-order valence-corrected chi connectivity index (χ3v) is 12.5. The van der Waals surface area contributed by atoms with Crippen LogP contribution in [0.25, 0.3) is 0 Å². The second-order valence-corrected chi connectivity index (χ2v) is 17.3. The van der Waals surface area contributed by atoms with Crippen LogP contribution in [0.1, 0.15) is 84.8 Å². The summed E-state index contributed by atoms with van der Waals surface area (Å²) in [5.74, 6) is 0.129. The van der Waals surface area contributed by atoms with Crippen molar-refractivity contribution in [3.63, 3.8) is 0 Å². The summed E-state index contributed by atoms with van der Waals surface area (Å²) in [6.07, 6.45) is 5.94. The minimum atomic E-state index is -1.93. The number of rotatable bonds is 12. The monoisotopic (exact) mass is 532 g/mol. The molecule has 2 atom stereocenters. The van der Waals surface area contributed by atoms with Crippen molar-refractivity contribution in [3.05, 3.63) is 29.3 Å². The highest BCUT2D eigenvalue weighted by molar-refractivity contribution is 6.74. The van der Waals surface area contributed by atoms with Crippen molar-refractivity contribution >= 4 is 25.9 Å². The molecule has 1 aliphatic heterocycles. The maximum atomic E-state index is 13.4. The highest BCUT2D eigenvalue weighted by Gasteiger charge is 2.39. The third-order valence-electron chi connectivity index (χ3n) is 7.97. The van der Waals surface area contributed by atoms with Crippen molar-refractivity contribution in [1.29, 1.82) is 0 Å². The average Bonchev–Trinajstić information content (AvgIpc) is 2.79. The van der Waals surface area contributed by atoms with Gasteiger partial charge in [-0.2, -0.15) is 0 Å². The number of amides is 1. The Bertz CT molecular complexity index is 894. The van der Waals surface area contributed by atoms with Gasteiger partial charge in [-0.3, -0.25) is 9.59 Å². The molecule has 0 unspecified atom stereocenters. The van der Waals surface area contributed by atoms with Crippen molar-refractivity contribution in [2.45, 2.75) is 117 Å². The van der Waals surface area contributed by atoms with Crippen LogP contribution in [-0.4, -0.2) is 52.5 Å². The van der Waals surface area contributed by atoms with E-state index in [0.29, 0.717) is 19.6 Å². The molecule has 0 aliphatic carbocycles. The molecule has 0 fully saturated rings. The molecular weight excluding hydrogens is 480 g/mol. The van der Waals surface area contributed by atoms with Crippen LogP contribution >= 0.6 is 0 Å². The van der Waals surface area contributed by atoms with Crippen molar-refractivity contribution in [2.75, 3.05) is 25.2 Å². The zero-order valence-electron chi connectivity index (χ0n) is 24.9. The normalized spacial score (nSPS) is 18.8. The van der Waals surface area contributed by atoms with Crippen LogP contribution < -0.4 is 10.2 Å². The Morgan fingerprint density at radius 2 is 1.89 bits per heavy atom. The molecule has 0 spiro atoms. The van der Waals surface area contributed by atoms with Gasteiger partial charge in [0.25, 0.3) is 0 Å². The van der Waals surface area contributed by atoms with Gasteiger partial charge in [0.1, 0.15) is 6.04 Å². The first-order valence-corrected chi connectivity index (χ1v) is 17.1. The van der Waals surface area contributed by atoms with E-state index in [1.807, 2.05) is 7.05 Å². The lowest BCUT2D eigenvalue weighted by Crippen LogP contribution is -2.55. The first-order valence-electron chi connectivity index (χ1n) is 14.2. The van der Waals surface area contributed by atoms with Gasteiger partial charge in [0.15, 0.2) is 8.32 Å². The number of carbonyl (C=O) groups is 2. The van der Waals surface area contributed by atoms with Gasteiger partial charge in [-0.1, -0.05) is 66.5 Å². The lowest BCUT2D eigenvalue weighted by atomic mass is 9.93. The van der Waals surface area contributed by atoms with Gasteiger partial charge < -0.3 is 19.4 Å². The minimum absolute atomic E-state index is 0.0618. The molecule has 2 rings (SSSR count). The van der Waals surface area contributed by atoms with Crippen LogP contribution in [0, 0.1) is 5.92 Å². The summed E-state index contributed by atoms with van der Waals surface area (Å²) in [5, 5.41) is 3.42. The quantitative estimate of drug-likeness (QED) is 0.195. The van der Waals surface area contributed by atoms with Gasteiger partial charge >= 0.3 is 5.97 Å². The van der Waals surface area contributed by atoms with Crippen molar-refractivity contribution in [2.24, 2.45) is 5.92 Å². The summed E-state index contributed by atoms with van der Waals surface area (Å²) < 4.78 is 11.9. The summed E-state index contributed by atoms with van der Waals surface area (Å²) in [6, 6.07) is 6.28. The molecular formula is C30H52N2O4Si. The predicted octanol–water partition coefficient (Wildman–Crippen LogP) is 6.27. The summed E-state index contributed by atoms with van der Waals surface area (Å²) in [5.41, 5.74) is 3.54. The largest absolute Gasteiger partial charge is 0.466 e. The second-order valence-electron chi connectivity index (χ2n) is 12.5. The summed E-state index contributed by atoms with van der Waals surface area (Å²) in [6.45, 7) is 18.5. The van der Waals surface area contributed by atoms with Crippen LogP contribution in [-0.2, 0) is 31.6 Å². The molecule has 6 nitrogen and oxygen atoms in total. The van der Waals surface area contributed by atoms with E-state index in [2.05, 4.69) is 83.1 Å². The van der Waals surface area contributed by atoms with Gasteiger partial charge in [-0.05, 0) is 66.9 Å². The van der Waals surface area contributed by atoms with Crippen LogP contribution in [0.3, 0.4) is 0 Å². The summed E-state index contributed by atoms with van der Waals surface area (Å²) in [4.78, 5) is 27.4. The molecule has 1 aliphatic rings. The van der Waals surface area contributed by atoms with Gasteiger partial charge in [0, 0.05) is 19.2 Å². The Labute approximate surface area is 227 Å². The third kappa shape index (κ3) is 9.13.